The van der Waals surface area contributed by atoms with Crippen molar-refractivity contribution >= 4 is 45.6 Å². The number of hydrogen-bond donors (Lipinski definition) is 4. The third-order valence-corrected chi connectivity index (χ3v) is 8.05. The number of fused-ring (bicyclic) bond motifs is 1. The first-order valence-electron chi connectivity index (χ1n) is 15.8. The maximum Gasteiger partial charge on any atom is 0.323 e. The first kappa shape index (κ1) is 32.3. The van der Waals surface area contributed by atoms with Gasteiger partial charge in [0.15, 0.2) is 5.75 Å². The van der Waals surface area contributed by atoms with E-state index in [4.69, 9.17) is 14.2 Å². The van der Waals surface area contributed by atoms with Crippen LogP contribution in [0.3, 0.4) is 0 Å². The molecule has 48 heavy (non-hydrogen) atoms. The molecule has 1 unspecified atom stereocenters. The van der Waals surface area contributed by atoms with Crippen molar-refractivity contribution in [2.75, 3.05) is 36.3 Å². The van der Waals surface area contributed by atoms with Crippen molar-refractivity contribution in [2.24, 2.45) is 0 Å². The third kappa shape index (κ3) is 7.50. The molecule has 6 rings (SSSR count). The van der Waals surface area contributed by atoms with Crippen molar-refractivity contribution in [1.82, 2.24) is 10.3 Å². The number of anilines is 4. The third-order valence-electron chi connectivity index (χ3n) is 8.05. The van der Waals surface area contributed by atoms with E-state index in [0.717, 1.165) is 28.4 Å². The highest BCUT2D eigenvalue weighted by atomic mass is 16.5. The maximum absolute atomic E-state index is 13.5. The Balaban J connectivity index is 1.24. The Labute approximate surface area is 279 Å². The van der Waals surface area contributed by atoms with Crippen molar-refractivity contribution in [3.63, 3.8) is 0 Å². The lowest BCUT2D eigenvalue weighted by molar-refractivity contribution is 0.0926. The van der Waals surface area contributed by atoms with E-state index in [2.05, 4.69) is 26.3 Å². The number of urea groups is 1. The van der Waals surface area contributed by atoms with E-state index in [0.29, 0.717) is 47.5 Å². The van der Waals surface area contributed by atoms with E-state index in [1.165, 1.54) is 7.11 Å². The van der Waals surface area contributed by atoms with Crippen molar-refractivity contribution in [3.8, 4) is 17.2 Å². The number of nitrogens with one attached hydrogen (secondary N) is 4. The lowest BCUT2D eigenvalue weighted by Gasteiger charge is -2.24. The number of methoxy groups -OCH3 is 1. The molecule has 0 saturated carbocycles. The van der Waals surface area contributed by atoms with Gasteiger partial charge in [-0.1, -0.05) is 63.2 Å². The first-order chi connectivity index (χ1) is 23.2. The Morgan fingerprint density at radius 3 is 2.35 bits per heavy atom. The first-order valence-corrected chi connectivity index (χ1v) is 15.8. The number of benzene rings is 4. The quantitative estimate of drug-likeness (QED) is 0.127. The molecule has 10 nitrogen and oxygen atoms in total. The Bertz CT molecular complexity index is 1930. The molecule has 4 aromatic carbocycles. The molecule has 0 spiro atoms. The van der Waals surface area contributed by atoms with Crippen LogP contribution in [0.2, 0.25) is 0 Å². The van der Waals surface area contributed by atoms with Crippen molar-refractivity contribution in [1.29, 1.82) is 0 Å². The molecule has 0 aliphatic carbocycles. The van der Waals surface area contributed by atoms with E-state index >= 15 is 0 Å². The topological polar surface area (TPSA) is 123 Å². The molecule has 0 bridgehead atoms. The lowest BCUT2D eigenvalue weighted by atomic mass is 9.85. The number of rotatable bonds is 9. The number of nitrogens with zero attached hydrogens (tertiary/aromatic N) is 1. The van der Waals surface area contributed by atoms with Crippen LogP contribution in [0.4, 0.5) is 27.7 Å². The van der Waals surface area contributed by atoms with Crippen LogP contribution < -0.4 is 30.7 Å². The molecule has 10 heteroatoms. The highest BCUT2D eigenvalue weighted by molar-refractivity contribution is 6.09. The van der Waals surface area contributed by atoms with E-state index in [-0.39, 0.29) is 23.1 Å². The Morgan fingerprint density at radius 2 is 1.62 bits per heavy atom. The fraction of sp³-hybridized carbons (Fsp3) is 0.237. The zero-order valence-corrected chi connectivity index (χ0v) is 27.4. The van der Waals surface area contributed by atoms with Gasteiger partial charge in [0, 0.05) is 35.3 Å². The Hall–Kier alpha value is -5.61. The maximum atomic E-state index is 13.5. The number of hydrogen-bond acceptors (Lipinski definition) is 7. The average Bonchev–Trinajstić information content (AvgIpc) is 3.59. The van der Waals surface area contributed by atoms with E-state index < -0.39 is 6.03 Å². The van der Waals surface area contributed by atoms with E-state index in [1.54, 1.807) is 18.3 Å². The van der Waals surface area contributed by atoms with Crippen LogP contribution in [0.1, 0.15) is 43.1 Å². The summed E-state index contributed by atoms with van der Waals surface area (Å²) in [5.41, 5.74) is 2.81. The molecule has 246 valence electrons. The molecule has 1 aliphatic rings. The van der Waals surface area contributed by atoms with E-state index in [9.17, 15) is 9.59 Å². The zero-order chi connectivity index (χ0) is 33.7. The Morgan fingerprint density at radius 1 is 0.875 bits per heavy atom. The summed E-state index contributed by atoms with van der Waals surface area (Å²) >= 11 is 0. The summed E-state index contributed by atoms with van der Waals surface area (Å²) in [5.74, 6) is 1.88. The van der Waals surface area contributed by atoms with Gasteiger partial charge in [0.2, 0.25) is 0 Å². The highest BCUT2D eigenvalue weighted by Gasteiger charge is 2.26. The van der Waals surface area contributed by atoms with Gasteiger partial charge in [0.1, 0.15) is 17.3 Å². The van der Waals surface area contributed by atoms with Gasteiger partial charge in [-0.05, 0) is 59.9 Å². The standard InChI is InChI=1S/C38H39N5O5/c1-38(2,3)24-20-30(36(44)41-26-17-19-47-23-26)35(46-4)32(21-24)43-37(45)42-31-14-15-33(29-13-9-8-12-28(29)31)48-27-16-18-39-34(22-27)40-25-10-6-5-7-11-25/h5-16,18,20-22,26H,17,19,23H2,1-4H3,(H,39,40)(H,41,44)(H2,42,43,45). The summed E-state index contributed by atoms with van der Waals surface area (Å²) in [6.07, 6.45) is 2.43. The van der Waals surface area contributed by atoms with Crippen molar-refractivity contribution < 1.29 is 23.8 Å². The molecule has 1 aromatic heterocycles. The predicted molar refractivity (Wildman–Crippen MR) is 189 cm³/mol. The minimum Gasteiger partial charge on any atom is -0.494 e. The molecular formula is C38H39N5O5. The van der Waals surface area contributed by atoms with Gasteiger partial charge in [0.05, 0.1) is 36.7 Å². The number of para-hydroxylation sites is 1. The highest BCUT2D eigenvalue weighted by Crippen LogP contribution is 2.37. The van der Waals surface area contributed by atoms with Gasteiger partial charge in [-0.15, -0.1) is 0 Å². The van der Waals surface area contributed by atoms with Crippen LogP contribution in [0, 0.1) is 0 Å². The molecule has 5 aromatic rings. The number of carbonyl (C=O) groups is 2. The average molecular weight is 646 g/mol. The van der Waals surface area contributed by atoms with Crippen molar-refractivity contribution in [3.05, 3.63) is 108 Å². The summed E-state index contributed by atoms with van der Waals surface area (Å²) in [6.45, 7) is 7.22. The van der Waals surface area contributed by atoms with Crippen molar-refractivity contribution in [2.45, 2.75) is 38.6 Å². The monoisotopic (exact) mass is 645 g/mol. The minimum absolute atomic E-state index is 0.0768. The van der Waals surface area contributed by atoms with Crippen LogP contribution in [0.5, 0.6) is 17.2 Å². The molecular weight excluding hydrogens is 606 g/mol. The molecule has 0 radical (unpaired) electrons. The second kappa shape index (κ2) is 14.0. The summed E-state index contributed by atoms with van der Waals surface area (Å²) in [6, 6.07) is 27.8. The van der Waals surface area contributed by atoms with Crippen LogP contribution in [-0.4, -0.2) is 43.3 Å². The fourth-order valence-electron chi connectivity index (χ4n) is 5.54. The van der Waals surface area contributed by atoms with Gasteiger partial charge in [-0.2, -0.15) is 0 Å². The molecule has 1 saturated heterocycles. The minimum atomic E-state index is -0.487. The molecule has 1 fully saturated rings. The predicted octanol–water partition coefficient (Wildman–Crippen LogP) is 8.24. The molecule has 3 amide bonds. The number of ether oxygens (including phenoxy) is 3. The summed E-state index contributed by atoms with van der Waals surface area (Å²) < 4.78 is 17.4. The number of carbonyl (C=O) groups excluding carboxylic acids is 2. The summed E-state index contributed by atoms with van der Waals surface area (Å²) in [7, 11) is 1.49. The van der Waals surface area contributed by atoms with E-state index in [1.807, 2.05) is 99.6 Å². The number of aromatic nitrogens is 1. The van der Waals surface area contributed by atoms with Gasteiger partial charge < -0.3 is 35.5 Å². The number of pyridine rings is 1. The largest absolute Gasteiger partial charge is 0.494 e. The zero-order valence-electron chi connectivity index (χ0n) is 27.4. The smallest absolute Gasteiger partial charge is 0.323 e. The van der Waals surface area contributed by atoms with Gasteiger partial charge >= 0.3 is 6.03 Å². The van der Waals surface area contributed by atoms with Gasteiger partial charge in [-0.3, -0.25) is 4.79 Å². The van der Waals surface area contributed by atoms with Crippen LogP contribution >= 0.6 is 0 Å². The molecule has 4 N–H and O–H groups in total. The Kier molecular flexibility index (Phi) is 9.45. The van der Waals surface area contributed by atoms with Gasteiger partial charge in [-0.25, -0.2) is 9.78 Å². The SMILES string of the molecule is COc1c(NC(=O)Nc2ccc(Oc3ccnc(Nc4ccccc4)c3)c3ccccc23)cc(C(C)(C)C)cc1C(=O)NC1CCOC1. The second-order valence-corrected chi connectivity index (χ2v) is 12.6. The molecule has 2 heterocycles. The lowest BCUT2D eigenvalue weighted by Crippen LogP contribution is -2.35. The fourth-order valence-corrected chi connectivity index (χ4v) is 5.54. The molecule has 1 atom stereocenters. The van der Waals surface area contributed by atoms with Crippen LogP contribution in [-0.2, 0) is 10.2 Å². The summed E-state index contributed by atoms with van der Waals surface area (Å²) in [4.78, 5) is 31.3. The number of amides is 3. The molecule has 1 aliphatic heterocycles. The normalized spacial score (nSPS) is 14.3. The second-order valence-electron chi connectivity index (χ2n) is 12.6. The van der Waals surface area contributed by atoms with Crippen LogP contribution in [0.15, 0.2) is 97.2 Å². The summed E-state index contributed by atoms with van der Waals surface area (Å²) in [5, 5.41) is 13.8. The van der Waals surface area contributed by atoms with Gasteiger partial charge in [0.25, 0.3) is 5.91 Å². The van der Waals surface area contributed by atoms with Crippen LogP contribution in [0.25, 0.3) is 10.8 Å².